The molecule has 546 valence electrons. The summed E-state index contributed by atoms with van der Waals surface area (Å²) in [6.45, 7) is 14.1. The summed E-state index contributed by atoms with van der Waals surface area (Å²) in [6.07, 6.45) is 72.2. The monoisotopic (exact) mass is 1360 g/mol. The SMILES string of the molecule is CCCCCCCCCCc1cc2c3cc(CCCCCCCCCC)cc4c5cc(CCCCCCCCCC)cc6c7cc(CCCCCCCCCC)cc8c9cc(CCCCCCCCCC)cc%10c%11cc(CCCCCCCCCC)cc%12c(c1)c2c1c(c34)c(c56)c(c78)c(c%109)c1c%12%11. The maximum Gasteiger partial charge on any atom is -0.0000472 e. The van der Waals surface area contributed by atoms with Crippen LogP contribution in [0.25, 0.3) is 129 Å². The van der Waals surface area contributed by atoms with Gasteiger partial charge in [0.2, 0.25) is 0 Å². The molecule has 0 amide bonds. The van der Waals surface area contributed by atoms with Gasteiger partial charge in [-0.3, -0.25) is 0 Å². The van der Waals surface area contributed by atoms with Crippen LogP contribution in [0.5, 0.6) is 0 Å². The lowest BCUT2D eigenvalue weighted by molar-refractivity contribution is 0.575. The van der Waals surface area contributed by atoms with Crippen molar-refractivity contribution in [3.63, 3.8) is 0 Å². The lowest BCUT2D eigenvalue weighted by Gasteiger charge is -2.30. The number of hydrogen-bond acceptors (Lipinski definition) is 0. The number of fused-ring (bicyclic) bond motifs is 6. The van der Waals surface area contributed by atoms with Crippen molar-refractivity contribution in [2.24, 2.45) is 0 Å². The molecule has 0 aliphatic rings. The molecule has 0 N–H and O–H groups in total. The first-order valence-electron chi connectivity index (χ1n) is 44.8. The van der Waals surface area contributed by atoms with Crippen molar-refractivity contribution in [2.45, 2.75) is 388 Å². The maximum atomic E-state index is 2.80. The van der Waals surface area contributed by atoms with Crippen LogP contribution in [0.15, 0.2) is 72.8 Å². The molecule has 0 atom stereocenters. The van der Waals surface area contributed by atoms with E-state index in [0.29, 0.717) is 0 Å². The summed E-state index contributed by atoms with van der Waals surface area (Å²) in [5, 5.41) is 37.7. The topological polar surface area (TPSA) is 0 Å². The van der Waals surface area contributed by atoms with E-state index < -0.39 is 0 Å². The third kappa shape index (κ3) is 16.7. The van der Waals surface area contributed by atoms with Gasteiger partial charge in [0.05, 0.1) is 0 Å². The van der Waals surface area contributed by atoms with Gasteiger partial charge in [-0.2, -0.15) is 0 Å². The molecule has 0 spiro atoms. The van der Waals surface area contributed by atoms with Crippen LogP contribution >= 0.6 is 0 Å². The highest BCUT2D eigenvalue weighted by atomic mass is 14.4. The van der Waals surface area contributed by atoms with Crippen molar-refractivity contribution in [2.75, 3.05) is 0 Å². The third-order valence-corrected chi connectivity index (χ3v) is 25.8. The Labute approximate surface area is 619 Å². The van der Waals surface area contributed by atoms with E-state index in [1.54, 1.807) is 163 Å². The van der Waals surface area contributed by atoms with Crippen molar-refractivity contribution in [1.29, 1.82) is 0 Å². The average Bonchev–Trinajstić information content (AvgIpc) is 0.643. The highest BCUT2D eigenvalue weighted by Gasteiger charge is 2.33. The number of hydrogen-bond donors (Lipinski definition) is 0. The molecule has 0 saturated carbocycles. The van der Waals surface area contributed by atoms with Gasteiger partial charge in [0.15, 0.2) is 0 Å². The summed E-state index contributed by atoms with van der Waals surface area (Å²) in [5.41, 5.74) is 9.44. The first-order valence-corrected chi connectivity index (χ1v) is 44.8. The van der Waals surface area contributed by atoms with Crippen LogP contribution in [0, 0.1) is 0 Å². The van der Waals surface area contributed by atoms with Crippen LogP contribution in [-0.4, -0.2) is 0 Å². The van der Waals surface area contributed by atoms with E-state index in [2.05, 4.69) is 114 Å². The first kappa shape index (κ1) is 74.8. The van der Waals surface area contributed by atoms with E-state index in [1.807, 2.05) is 0 Å². The van der Waals surface area contributed by atoms with Crippen molar-refractivity contribution in [3.8, 4) is 0 Å². The van der Waals surface area contributed by atoms with Crippen LogP contribution in [0.4, 0.5) is 0 Å². The fourth-order valence-corrected chi connectivity index (χ4v) is 20.3. The summed E-state index contributed by atoms with van der Waals surface area (Å²) < 4.78 is 0. The standard InChI is InChI=1S/C102H138/c1-7-13-19-25-31-37-43-49-55-73-61-79-81-63-74(56-50-44-38-32-26-20-14-8-2)65-83-85-67-76(58-52-46-40-34-28-22-16-10-4)69-87-89-71-78(60-54-48-42-36-30-24-18-12-6)72-90-88-70-77(59-53-47-41-35-29-23-17-11-5)68-86-84-66-75(57-51-45-39-33-27-21-15-9-3)64-82-80(62-73)91(79)97-98(92(81)83)100(94(85)87)102(96(89)90)101(95(86)88)99(97)93(82)84/h61-72H,7-60H2,1-6H3. The van der Waals surface area contributed by atoms with E-state index in [-0.39, 0.29) is 0 Å². The fourth-order valence-electron chi connectivity index (χ4n) is 20.3. The molecule has 0 saturated heterocycles. The van der Waals surface area contributed by atoms with Gasteiger partial charge >= 0.3 is 0 Å². The zero-order valence-corrected chi connectivity index (χ0v) is 66.1. The summed E-state index contributed by atoms with van der Waals surface area (Å²) in [7, 11) is 0. The second-order valence-corrected chi connectivity index (χ2v) is 34.0. The summed E-state index contributed by atoms with van der Waals surface area (Å²) in [5.74, 6) is 0. The van der Waals surface area contributed by atoms with Gasteiger partial charge in [0.25, 0.3) is 0 Å². The summed E-state index contributed by atoms with van der Waals surface area (Å²) >= 11 is 0. The van der Waals surface area contributed by atoms with Crippen LogP contribution in [0.3, 0.4) is 0 Å². The molecule has 13 rings (SSSR count). The van der Waals surface area contributed by atoms with Crippen LogP contribution in [0.1, 0.15) is 383 Å². The molecular formula is C102H138. The molecule has 0 unspecified atom stereocenters. The van der Waals surface area contributed by atoms with Crippen LogP contribution < -0.4 is 0 Å². The Morgan fingerprint density at radius 3 is 0.324 bits per heavy atom. The van der Waals surface area contributed by atoms with Crippen molar-refractivity contribution in [3.05, 3.63) is 106 Å². The molecular weight excluding hydrogens is 1230 g/mol. The Balaban J connectivity index is 1.08. The minimum absolute atomic E-state index is 1.16. The minimum Gasteiger partial charge on any atom is -0.0654 e. The van der Waals surface area contributed by atoms with Gasteiger partial charge in [-0.15, -0.1) is 0 Å². The molecule has 0 heteroatoms. The normalized spacial score (nSPS) is 12.8. The number of rotatable bonds is 54. The predicted molar refractivity (Wildman–Crippen MR) is 462 cm³/mol. The molecule has 102 heavy (non-hydrogen) atoms. The minimum atomic E-state index is 1.16. The van der Waals surface area contributed by atoms with Gasteiger partial charge in [0, 0.05) is 0 Å². The largest absolute Gasteiger partial charge is 0.0654 e. The van der Waals surface area contributed by atoms with Crippen LogP contribution in [0.2, 0.25) is 0 Å². The van der Waals surface area contributed by atoms with Gasteiger partial charge in [-0.1, -0.05) is 384 Å². The lowest BCUT2D eigenvalue weighted by atomic mass is 9.72. The summed E-state index contributed by atoms with van der Waals surface area (Å²) in [6, 6.07) is 33.6. The van der Waals surface area contributed by atoms with Gasteiger partial charge in [0.1, 0.15) is 0 Å². The Morgan fingerprint density at radius 2 is 0.216 bits per heavy atom. The molecule has 0 aliphatic heterocycles. The highest BCUT2D eigenvalue weighted by molar-refractivity contribution is 6.61. The van der Waals surface area contributed by atoms with Crippen molar-refractivity contribution < 1.29 is 0 Å². The van der Waals surface area contributed by atoms with E-state index in [0.717, 1.165) is 38.5 Å². The fraction of sp³-hybridized carbons (Fsp3) is 0.588. The molecule has 0 aliphatic carbocycles. The smallest absolute Gasteiger partial charge is 0.0000472 e. The van der Waals surface area contributed by atoms with E-state index in [9.17, 15) is 0 Å². The zero-order chi connectivity index (χ0) is 70.0. The van der Waals surface area contributed by atoms with Gasteiger partial charge in [-0.25, -0.2) is 0 Å². The molecule has 0 bridgehead atoms. The molecule has 0 nitrogen and oxygen atoms in total. The maximum absolute atomic E-state index is 2.80. The van der Waals surface area contributed by atoms with Crippen molar-refractivity contribution in [1.82, 2.24) is 0 Å². The van der Waals surface area contributed by atoms with Gasteiger partial charge in [-0.05, 0) is 240 Å². The molecule has 0 fully saturated rings. The summed E-state index contributed by atoms with van der Waals surface area (Å²) in [4.78, 5) is 0. The van der Waals surface area contributed by atoms with Crippen molar-refractivity contribution >= 4 is 129 Å². The second-order valence-electron chi connectivity index (χ2n) is 34.0. The van der Waals surface area contributed by atoms with E-state index in [1.165, 1.54) is 308 Å². The lowest BCUT2D eigenvalue weighted by Crippen LogP contribution is -2.03. The van der Waals surface area contributed by atoms with Crippen LogP contribution in [-0.2, 0) is 38.5 Å². The highest BCUT2D eigenvalue weighted by Crippen LogP contribution is 2.61. The molecule has 0 aromatic heterocycles. The Kier molecular flexibility index (Phi) is 27.6. The molecule has 13 aromatic rings. The van der Waals surface area contributed by atoms with E-state index in [4.69, 9.17) is 0 Å². The predicted octanol–water partition coefficient (Wildman–Crippen LogP) is 34.3. The zero-order valence-electron chi connectivity index (χ0n) is 66.1. The first-order chi connectivity index (χ1) is 50.5. The molecule has 13 aromatic carbocycles. The Hall–Kier alpha value is -5.46. The van der Waals surface area contributed by atoms with Gasteiger partial charge < -0.3 is 0 Å². The molecule has 0 heterocycles. The molecule has 0 radical (unpaired) electrons. The number of benzene rings is 13. The quantitative estimate of drug-likeness (QED) is 0.0202. The Bertz CT molecular complexity index is 3660. The third-order valence-electron chi connectivity index (χ3n) is 25.8. The number of unbranched alkanes of at least 4 members (excludes halogenated alkanes) is 42. The second kappa shape index (κ2) is 37.7. The Morgan fingerprint density at radius 1 is 0.118 bits per heavy atom. The van der Waals surface area contributed by atoms with E-state index >= 15 is 0 Å². The number of aryl methyl sites for hydroxylation is 6. The average molecular weight is 1360 g/mol.